The number of aliphatic hydroxyl groups excluding tert-OH is 3. The summed E-state index contributed by atoms with van der Waals surface area (Å²) in [6.45, 7) is 9.35. The summed E-state index contributed by atoms with van der Waals surface area (Å²) < 4.78 is 18.5. The molecule has 9 nitrogen and oxygen atoms in total. The van der Waals surface area contributed by atoms with E-state index in [-0.39, 0.29) is 47.4 Å². The van der Waals surface area contributed by atoms with E-state index >= 15 is 0 Å². The molecule has 9 heteroatoms. The summed E-state index contributed by atoms with van der Waals surface area (Å²) in [7, 11) is 0. The number of aliphatic hydroxyl groups is 4. The number of carbonyl (C=O) groups is 2. The lowest BCUT2D eigenvalue weighted by molar-refractivity contribution is -0.368. The first kappa shape index (κ1) is 24.9. The van der Waals surface area contributed by atoms with Gasteiger partial charge in [-0.05, 0) is 62.7 Å². The number of esters is 1. The van der Waals surface area contributed by atoms with Crippen LogP contribution in [0.2, 0.25) is 0 Å². The third-order valence-electron chi connectivity index (χ3n) is 12.9. The highest BCUT2D eigenvalue weighted by atomic mass is 16.7. The molecule has 4 aliphatic carbocycles. The molecule has 4 N–H and O–H groups in total. The molecule has 37 heavy (non-hydrogen) atoms. The van der Waals surface area contributed by atoms with Crippen LogP contribution < -0.4 is 0 Å². The van der Waals surface area contributed by atoms with E-state index in [9.17, 15) is 30.0 Å². The van der Waals surface area contributed by atoms with Crippen LogP contribution in [0.15, 0.2) is 0 Å². The van der Waals surface area contributed by atoms with Crippen molar-refractivity contribution in [3.8, 4) is 0 Å². The van der Waals surface area contributed by atoms with Crippen LogP contribution in [-0.4, -0.2) is 79.7 Å². The Kier molecular flexibility index (Phi) is 4.69. The van der Waals surface area contributed by atoms with Gasteiger partial charge in [-0.15, -0.1) is 0 Å². The van der Waals surface area contributed by atoms with Crippen LogP contribution in [0.25, 0.3) is 0 Å². The molecular formula is C28H40O9. The summed E-state index contributed by atoms with van der Waals surface area (Å²) in [4.78, 5) is 26.1. The van der Waals surface area contributed by atoms with Gasteiger partial charge in [-0.25, -0.2) is 0 Å². The van der Waals surface area contributed by atoms with E-state index in [1.807, 2.05) is 13.8 Å². The monoisotopic (exact) mass is 520 g/mol. The second-order valence-electron chi connectivity index (χ2n) is 14.1. The molecule has 0 radical (unpaired) electrons. The minimum atomic E-state index is -1.59. The Balaban J connectivity index is 1.27. The number of carbonyl (C=O) groups excluding carboxylic acids is 2. The minimum Gasteiger partial charge on any atom is -0.429 e. The molecule has 16 atom stereocenters. The van der Waals surface area contributed by atoms with Crippen molar-refractivity contribution in [2.24, 2.45) is 46.3 Å². The van der Waals surface area contributed by atoms with Crippen LogP contribution >= 0.6 is 0 Å². The molecule has 3 heterocycles. The highest BCUT2D eigenvalue weighted by Gasteiger charge is 2.83. The Bertz CT molecular complexity index is 1080. The van der Waals surface area contributed by atoms with Crippen molar-refractivity contribution >= 4 is 11.8 Å². The van der Waals surface area contributed by atoms with E-state index in [1.165, 1.54) is 0 Å². The van der Waals surface area contributed by atoms with Crippen molar-refractivity contribution in [3.63, 3.8) is 0 Å². The Hall–Kier alpha value is -1.10. The maximum atomic E-state index is 13.5. The predicted molar refractivity (Wildman–Crippen MR) is 127 cm³/mol. The van der Waals surface area contributed by atoms with E-state index in [0.717, 1.165) is 12.8 Å². The fourth-order valence-electron chi connectivity index (χ4n) is 10.9. The Morgan fingerprint density at radius 3 is 2.32 bits per heavy atom. The second-order valence-corrected chi connectivity index (χ2v) is 14.1. The molecule has 2 spiro atoms. The molecule has 0 aromatic heterocycles. The maximum absolute atomic E-state index is 13.5. The normalized spacial score (nSPS) is 65.8. The van der Waals surface area contributed by atoms with Crippen LogP contribution in [-0.2, 0) is 23.8 Å². The third-order valence-corrected chi connectivity index (χ3v) is 12.9. The molecule has 7 fully saturated rings. The molecule has 7 rings (SSSR count). The molecule has 7 aliphatic rings. The first-order valence-corrected chi connectivity index (χ1v) is 14.1. The zero-order chi connectivity index (χ0) is 26.7. The molecule has 206 valence electrons. The van der Waals surface area contributed by atoms with Gasteiger partial charge < -0.3 is 34.6 Å². The number of ketones is 1. The summed E-state index contributed by atoms with van der Waals surface area (Å²) >= 11 is 0. The van der Waals surface area contributed by atoms with Crippen LogP contribution in [0.3, 0.4) is 0 Å². The Labute approximate surface area is 216 Å². The second kappa shape index (κ2) is 6.96. The summed E-state index contributed by atoms with van der Waals surface area (Å²) in [6.07, 6.45) is -1.61. The van der Waals surface area contributed by atoms with E-state index < -0.39 is 64.6 Å². The van der Waals surface area contributed by atoms with Gasteiger partial charge in [0.15, 0.2) is 0 Å². The van der Waals surface area contributed by atoms with Gasteiger partial charge in [-0.1, -0.05) is 20.8 Å². The zero-order valence-corrected chi connectivity index (χ0v) is 22.2. The molecule has 0 bridgehead atoms. The average molecular weight is 521 g/mol. The summed E-state index contributed by atoms with van der Waals surface area (Å²) in [5.41, 5.74) is -3.81. The highest BCUT2D eigenvalue weighted by molar-refractivity contribution is 5.89. The van der Waals surface area contributed by atoms with Gasteiger partial charge in [0.05, 0.1) is 29.6 Å². The highest BCUT2D eigenvalue weighted by Crippen LogP contribution is 2.75. The van der Waals surface area contributed by atoms with Gasteiger partial charge in [0.1, 0.15) is 29.2 Å². The molecule has 3 saturated heterocycles. The van der Waals surface area contributed by atoms with Crippen LogP contribution in [0.5, 0.6) is 0 Å². The number of epoxide rings is 1. The van der Waals surface area contributed by atoms with E-state index in [4.69, 9.17) is 14.2 Å². The summed E-state index contributed by atoms with van der Waals surface area (Å²) in [5, 5.41) is 44.9. The van der Waals surface area contributed by atoms with Crippen molar-refractivity contribution in [3.05, 3.63) is 0 Å². The van der Waals surface area contributed by atoms with Gasteiger partial charge in [-0.2, -0.15) is 0 Å². The molecule has 0 amide bonds. The molecular weight excluding hydrogens is 480 g/mol. The zero-order valence-electron chi connectivity index (χ0n) is 22.2. The van der Waals surface area contributed by atoms with E-state index in [0.29, 0.717) is 12.8 Å². The molecule has 0 aromatic rings. The lowest BCUT2D eigenvalue weighted by atomic mass is 9.43. The molecule has 3 aliphatic heterocycles. The number of Topliss-reactive ketones (excluding diaryl/α,β-unsaturated/α-hetero) is 1. The number of rotatable bonds is 0. The van der Waals surface area contributed by atoms with Gasteiger partial charge in [0.25, 0.3) is 0 Å². The van der Waals surface area contributed by atoms with Crippen LogP contribution in [0.4, 0.5) is 0 Å². The number of fused-ring (bicyclic) bond motifs is 6. The number of hydrogen-bond acceptors (Lipinski definition) is 9. The lowest BCUT2D eigenvalue weighted by Crippen LogP contribution is -2.71. The number of ether oxygens (including phenoxy) is 3. The van der Waals surface area contributed by atoms with Crippen LogP contribution in [0.1, 0.15) is 66.7 Å². The average Bonchev–Trinajstić information content (AvgIpc) is 3.43. The smallest absolute Gasteiger partial charge is 0.311 e. The molecule has 0 aromatic carbocycles. The van der Waals surface area contributed by atoms with Crippen LogP contribution in [0, 0.1) is 46.3 Å². The largest absolute Gasteiger partial charge is 0.429 e. The first-order valence-electron chi connectivity index (χ1n) is 14.1. The predicted octanol–water partition coefficient (Wildman–Crippen LogP) is 0.933. The van der Waals surface area contributed by atoms with Crippen molar-refractivity contribution in [2.45, 2.75) is 114 Å². The van der Waals surface area contributed by atoms with Crippen molar-refractivity contribution < 1.29 is 44.2 Å². The molecule has 4 saturated carbocycles. The summed E-state index contributed by atoms with van der Waals surface area (Å²) in [6, 6.07) is 0. The van der Waals surface area contributed by atoms with E-state index in [2.05, 4.69) is 6.92 Å². The summed E-state index contributed by atoms with van der Waals surface area (Å²) in [5.74, 6) is -3.13. The first-order chi connectivity index (χ1) is 17.2. The quantitative estimate of drug-likeness (QED) is 0.271. The fraction of sp³-hybridized carbons (Fsp3) is 0.929. The topological polar surface area (TPSA) is 146 Å². The SMILES string of the molecule is C[C@@H]1[C@@H](C)C(=O)O[C@@]12O[C@H]1C[C@H]3[C@@H]4C[C@H]5O[C@]56[C@@H](O)[C@@H](O)CC(=O)[C@]6(C)[C@H]4CC[C@]3(C)[C@H]1[C@@](C)(O)[C@@H]2O. The van der Waals surface area contributed by atoms with Crippen molar-refractivity contribution in [1.29, 1.82) is 0 Å². The lowest BCUT2D eigenvalue weighted by Gasteiger charge is -2.60. The van der Waals surface area contributed by atoms with Gasteiger partial charge >= 0.3 is 5.97 Å². The number of hydrogen-bond donors (Lipinski definition) is 4. The van der Waals surface area contributed by atoms with Crippen molar-refractivity contribution in [1.82, 2.24) is 0 Å². The van der Waals surface area contributed by atoms with E-state index in [1.54, 1.807) is 13.8 Å². The third kappa shape index (κ3) is 2.50. The van der Waals surface area contributed by atoms with Gasteiger partial charge in [0, 0.05) is 18.3 Å². The van der Waals surface area contributed by atoms with Crippen molar-refractivity contribution in [2.75, 3.05) is 0 Å². The van der Waals surface area contributed by atoms with Gasteiger partial charge in [-0.3, -0.25) is 9.59 Å². The minimum absolute atomic E-state index is 0.0220. The maximum Gasteiger partial charge on any atom is 0.311 e. The Morgan fingerprint density at radius 1 is 0.973 bits per heavy atom. The van der Waals surface area contributed by atoms with Gasteiger partial charge in [0.2, 0.25) is 5.79 Å². The fourth-order valence-corrected chi connectivity index (χ4v) is 10.9. The Morgan fingerprint density at radius 2 is 1.68 bits per heavy atom. The standard InChI is InChI=1S/C28H40O9/c1-11-12(2)28(37-22(11)32)23(33)26(5,34)20-17(35-28)9-15-13-8-19-27(36-19)21(31)16(29)10-18(30)25(27,4)14(13)6-7-24(15,20)3/h11-17,19-21,23,29,31,33-34H,6-10H2,1-5H3/t11-,12-,13-,14+,15+,16+,17+,19-,20+,21+,23+,24+,25+,26-,27+,28+/m1/s1. The molecule has 0 unspecified atom stereocenters.